The Labute approximate surface area is 115 Å². The molecule has 0 aliphatic rings. The van der Waals surface area contributed by atoms with Crippen LogP contribution in [0.25, 0.3) is 0 Å². The summed E-state index contributed by atoms with van der Waals surface area (Å²) in [7, 11) is 1.58. The van der Waals surface area contributed by atoms with Gasteiger partial charge in [-0.05, 0) is 24.6 Å². The van der Waals surface area contributed by atoms with Gasteiger partial charge in [0.15, 0.2) is 0 Å². The highest BCUT2D eigenvalue weighted by Gasteiger charge is 2.23. The molecule has 1 heterocycles. The first kappa shape index (κ1) is 13.9. The van der Waals surface area contributed by atoms with Gasteiger partial charge in [0, 0.05) is 23.6 Å². The number of aryl methyl sites for hydroxylation is 1. The minimum absolute atomic E-state index is 0.0775. The van der Waals surface area contributed by atoms with E-state index in [9.17, 15) is 9.59 Å². The van der Waals surface area contributed by atoms with Crippen LogP contribution in [0.4, 0.5) is 0 Å². The number of hydrogen-bond donors (Lipinski definition) is 3. The Morgan fingerprint density at radius 2 is 1.95 bits per heavy atom. The van der Waals surface area contributed by atoms with Crippen molar-refractivity contribution in [2.24, 2.45) is 5.73 Å². The number of H-pyrrole nitrogens is 2. The molecule has 0 unspecified atom stereocenters. The van der Waals surface area contributed by atoms with Gasteiger partial charge < -0.3 is 15.6 Å². The number of primary amides is 1. The highest BCUT2D eigenvalue weighted by atomic mass is 16.5. The van der Waals surface area contributed by atoms with Gasteiger partial charge in [0.1, 0.15) is 5.75 Å². The second-order valence-corrected chi connectivity index (χ2v) is 4.61. The van der Waals surface area contributed by atoms with Crippen molar-refractivity contribution in [2.75, 3.05) is 7.11 Å². The molecule has 1 aromatic carbocycles. The van der Waals surface area contributed by atoms with Crippen molar-refractivity contribution in [3.05, 3.63) is 51.4 Å². The standard InChI is InChI=1S/C14H17N3O3/c1-8-13(14(19)17-16-8)11(7-12(15)18)9-3-5-10(20-2)6-4-9/h3-6,11H,7H2,1-2H3,(H2,15,18)(H2,16,17,19)/t11-/m1/s1. The number of amides is 1. The van der Waals surface area contributed by atoms with E-state index in [1.165, 1.54) is 0 Å². The first-order valence-electron chi connectivity index (χ1n) is 6.22. The molecule has 0 radical (unpaired) electrons. The number of aromatic nitrogens is 2. The zero-order valence-corrected chi connectivity index (χ0v) is 11.4. The second kappa shape index (κ2) is 5.64. The van der Waals surface area contributed by atoms with Gasteiger partial charge in [-0.2, -0.15) is 0 Å². The summed E-state index contributed by atoms with van der Waals surface area (Å²) in [5.74, 6) is -0.106. The van der Waals surface area contributed by atoms with E-state index in [-0.39, 0.29) is 17.9 Å². The number of nitrogens with two attached hydrogens (primary N) is 1. The molecule has 1 atom stereocenters. The fraction of sp³-hybridized carbons (Fsp3) is 0.286. The van der Waals surface area contributed by atoms with E-state index >= 15 is 0 Å². The Kier molecular flexibility index (Phi) is 3.93. The van der Waals surface area contributed by atoms with Crippen LogP contribution in [0, 0.1) is 6.92 Å². The van der Waals surface area contributed by atoms with Crippen LogP contribution in [0.2, 0.25) is 0 Å². The van der Waals surface area contributed by atoms with Crippen LogP contribution in [0.1, 0.15) is 29.2 Å². The summed E-state index contributed by atoms with van der Waals surface area (Å²) in [6, 6.07) is 7.25. The van der Waals surface area contributed by atoms with E-state index in [2.05, 4.69) is 10.2 Å². The summed E-state index contributed by atoms with van der Waals surface area (Å²) in [4.78, 5) is 23.2. The van der Waals surface area contributed by atoms with E-state index in [1.54, 1.807) is 26.2 Å². The molecule has 0 aliphatic carbocycles. The third-order valence-electron chi connectivity index (χ3n) is 3.28. The van der Waals surface area contributed by atoms with Crippen LogP contribution in [0.5, 0.6) is 5.75 Å². The molecule has 2 aromatic rings. The molecule has 1 aromatic heterocycles. The monoisotopic (exact) mass is 275 g/mol. The predicted molar refractivity (Wildman–Crippen MR) is 74.8 cm³/mol. The van der Waals surface area contributed by atoms with Crippen LogP contribution in [-0.4, -0.2) is 23.2 Å². The van der Waals surface area contributed by atoms with E-state index in [1.807, 2.05) is 12.1 Å². The van der Waals surface area contributed by atoms with E-state index < -0.39 is 5.91 Å². The number of carbonyl (C=O) groups excluding carboxylic acids is 1. The number of nitrogens with one attached hydrogen (secondary N) is 2. The number of aromatic amines is 2. The van der Waals surface area contributed by atoms with Gasteiger partial charge in [0.05, 0.1) is 7.11 Å². The summed E-state index contributed by atoms with van der Waals surface area (Å²) >= 11 is 0. The number of ether oxygens (including phenoxy) is 1. The van der Waals surface area contributed by atoms with E-state index in [4.69, 9.17) is 10.5 Å². The molecule has 4 N–H and O–H groups in total. The average molecular weight is 275 g/mol. The lowest BCUT2D eigenvalue weighted by Crippen LogP contribution is -2.20. The largest absolute Gasteiger partial charge is 0.497 e. The van der Waals surface area contributed by atoms with Gasteiger partial charge in [-0.3, -0.25) is 14.7 Å². The molecule has 1 amide bonds. The highest BCUT2D eigenvalue weighted by molar-refractivity contribution is 5.75. The Bertz CT molecular complexity index is 655. The fourth-order valence-corrected chi connectivity index (χ4v) is 2.30. The summed E-state index contributed by atoms with van der Waals surface area (Å²) in [6.45, 7) is 1.78. The minimum atomic E-state index is -0.453. The van der Waals surface area contributed by atoms with Crippen LogP contribution in [0.15, 0.2) is 29.1 Å². The first-order chi connectivity index (χ1) is 9.52. The average Bonchev–Trinajstić information content (AvgIpc) is 2.76. The molecule has 0 saturated carbocycles. The van der Waals surface area contributed by atoms with Crippen LogP contribution >= 0.6 is 0 Å². The molecule has 2 rings (SSSR count). The van der Waals surface area contributed by atoms with Crippen molar-refractivity contribution in [1.82, 2.24) is 10.2 Å². The Morgan fingerprint density at radius 3 is 2.40 bits per heavy atom. The molecule has 0 saturated heterocycles. The van der Waals surface area contributed by atoms with Crippen molar-refractivity contribution in [2.45, 2.75) is 19.3 Å². The summed E-state index contributed by atoms with van der Waals surface area (Å²) in [6.07, 6.45) is 0.0775. The maximum Gasteiger partial charge on any atom is 0.267 e. The quantitative estimate of drug-likeness (QED) is 0.759. The van der Waals surface area contributed by atoms with Gasteiger partial charge >= 0.3 is 0 Å². The number of benzene rings is 1. The molecular formula is C14H17N3O3. The number of methoxy groups -OCH3 is 1. The molecule has 0 spiro atoms. The predicted octanol–water partition coefficient (Wildman–Crippen LogP) is 1.03. The molecule has 0 aliphatic heterocycles. The first-order valence-corrected chi connectivity index (χ1v) is 6.22. The molecular weight excluding hydrogens is 258 g/mol. The number of rotatable bonds is 5. The smallest absolute Gasteiger partial charge is 0.267 e. The molecule has 6 nitrogen and oxygen atoms in total. The Balaban J connectivity index is 2.46. The van der Waals surface area contributed by atoms with Crippen LogP contribution < -0.4 is 16.0 Å². The molecule has 0 bridgehead atoms. The lowest BCUT2D eigenvalue weighted by Gasteiger charge is -2.15. The van der Waals surface area contributed by atoms with Gasteiger partial charge in [0.2, 0.25) is 5.91 Å². The third-order valence-corrected chi connectivity index (χ3v) is 3.28. The third kappa shape index (κ3) is 2.74. The molecule has 20 heavy (non-hydrogen) atoms. The van der Waals surface area contributed by atoms with Crippen LogP contribution in [0.3, 0.4) is 0 Å². The van der Waals surface area contributed by atoms with E-state index in [0.29, 0.717) is 17.0 Å². The number of carbonyl (C=O) groups is 1. The topological polar surface area (TPSA) is 101 Å². The van der Waals surface area contributed by atoms with Gasteiger partial charge in [-0.1, -0.05) is 12.1 Å². The zero-order valence-electron chi connectivity index (χ0n) is 11.4. The molecule has 106 valence electrons. The highest BCUT2D eigenvalue weighted by Crippen LogP contribution is 2.28. The summed E-state index contributed by atoms with van der Waals surface area (Å²) in [5, 5.41) is 5.29. The zero-order chi connectivity index (χ0) is 14.7. The maximum absolute atomic E-state index is 11.9. The van der Waals surface area contributed by atoms with Gasteiger partial charge in [-0.25, -0.2) is 0 Å². The summed E-state index contributed by atoms with van der Waals surface area (Å²) in [5.41, 5.74) is 7.16. The van der Waals surface area contributed by atoms with Crippen molar-refractivity contribution in [1.29, 1.82) is 0 Å². The molecule has 6 heteroatoms. The Morgan fingerprint density at radius 1 is 1.30 bits per heavy atom. The van der Waals surface area contributed by atoms with Gasteiger partial charge in [-0.15, -0.1) is 0 Å². The van der Waals surface area contributed by atoms with Crippen molar-refractivity contribution >= 4 is 5.91 Å². The van der Waals surface area contributed by atoms with Crippen molar-refractivity contribution < 1.29 is 9.53 Å². The van der Waals surface area contributed by atoms with Crippen molar-refractivity contribution in [3.8, 4) is 5.75 Å². The minimum Gasteiger partial charge on any atom is -0.497 e. The van der Waals surface area contributed by atoms with Crippen molar-refractivity contribution in [3.63, 3.8) is 0 Å². The lowest BCUT2D eigenvalue weighted by molar-refractivity contribution is -0.118. The fourth-order valence-electron chi connectivity index (χ4n) is 2.30. The Hall–Kier alpha value is -2.50. The normalized spacial score (nSPS) is 12.1. The molecule has 0 fully saturated rings. The van der Waals surface area contributed by atoms with Gasteiger partial charge in [0.25, 0.3) is 5.56 Å². The SMILES string of the molecule is COc1ccc([C@@H](CC(N)=O)c2c(C)[nH][nH]c2=O)cc1. The lowest BCUT2D eigenvalue weighted by atomic mass is 9.88. The number of hydrogen-bond acceptors (Lipinski definition) is 3. The van der Waals surface area contributed by atoms with E-state index in [0.717, 1.165) is 5.56 Å². The second-order valence-electron chi connectivity index (χ2n) is 4.61. The maximum atomic E-state index is 11.9. The summed E-state index contributed by atoms with van der Waals surface area (Å²) < 4.78 is 5.10. The van der Waals surface area contributed by atoms with Crippen LogP contribution in [-0.2, 0) is 4.79 Å².